The Morgan fingerprint density at radius 1 is 1.33 bits per heavy atom. The molecule has 1 aromatic carbocycles. The van der Waals surface area contributed by atoms with Gasteiger partial charge in [0.2, 0.25) is 0 Å². The monoisotopic (exact) mass is 352 g/mol. The molecule has 1 unspecified atom stereocenters. The van der Waals surface area contributed by atoms with Crippen molar-refractivity contribution < 1.29 is 0 Å². The van der Waals surface area contributed by atoms with E-state index < -0.39 is 0 Å². The molecule has 1 atom stereocenters. The van der Waals surface area contributed by atoms with E-state index in [0.717, 1.165) is 19.0 Å². The van der Waals surface area contributed by atoms with Crippen LogP contribution >= 0.6 is 15.9 Å². The molecule has 0 saturated heterocycles. The lowest BCUT2D eigenvalue weighted by atomic mass is 9.85. The third-order valence-corrected chi connectivity index (χ3v) is 5.29. The number of nitrogens with one attached hydrogen (secondary N) is 1. The molecule has 0 aromatic heterocycles. The van der Waals surface area contributed by atoms with Crippen LogP contribution in [-0.2, 0) is 0 Å². The molecule has 118 valence electrons. The maximum Gasteiger partial charge on any atom is 0.0377 e. The lowest BCUT2D eigenvalue weighted by Crippen LogP contribution is -2.32. The van der Waals surface area contributed by atoms with Gasteiger partial charge < -0.3 is 10.2 Å². The van der Waals surface area contributed by atoms with Crippen molar-refractivity contribution in [2.45, 2.75) is 52.5 Å². The second kappa shape index (κ2) is 8.19. The van der Waals surface area contributed by atoms with Crippen LogP contribution < -0.4 is 10.2 Å². The van der Waals surface area contributed by atoms with Crippen LogP contribution in [0.1, 0.15) is 58.1 Å². The zero-order chi connectivity index (χ0) is 15.2. The highest BCUT2D eigenvalue weighted by atomic mass is 79.9. The third-order valence-electron chi connectivity index (χ3n) is 4.60. The summed E-state index contributed by atoms with van der Waals surface area (Å²) in [5.41, 5.74) is 2.70. The van der Waals surface area contributed by atoms with Crippen molar-refractivity contribution in [3.63, 3.8) is 0 Å². The summed E-state index contributed by atoms with van der Waals surface area (Å²) in [7, 11) is 0. The van der Waals surface area contributed by atoms with Crippen LogP contribution in [0.15, 0.2) is 22.7 Å². The fraction of sp³-hybridized carbons (Fsp3) is 0.667. The lowest BCUT2D eigenvalue weighted by molar-refractivity contribution is 0.318. The minimum Gasteiger partial charge on any atom is -0.372 e. The highest BCUT2D eigenvalue weighted by Gasteiger charge is 2.20. The highest BCUT2D eigenvalue weighted by molar-refractivity contribution is 9.10. The number of rotatable bonds is 8. The van der Waals surface area contributed by atoms with Crippen LogP contribution in [0.25, 0.3) is 0 Å². The molecule has 2 rings (SSSR count). The van der Waals surface area contributed by atoms with Gasteiger partial charge in [-0.1, -0.05) is 35.3 Å². The van der Waals surface area contributed by atoms with E-state index in [4.69, 9.17) is 0 Å². The van der Waals surface area contributed by atoms with Crippen LogP contribution in [0.2, 0.25) is 0 Å². The molecule has 0 aliphatic heterocycles. The van der Waals surface area contributed by atoms with Gasteiger partial charge in [-0.3, -0.25) is 0 Å². The second-order valence-corrected chi connectivity index (χ2v) is 7.07. The largest absolute Gasteiger partial charge is 0.372 e. The average molecular weight is 353 g/mol. The van der Waals surface area contributed by atoms with Crippen LogP contribution in [-0.4, -0.2) is 19.6 Å². The first-order chi connectivity index (χ1) is 10.2. The van der Waals surface area contributed by atoms with Gasteiger partial charge in [-0.25, -0.2) is 0 Å². The first-order valence-electron chi connectivity index (χ1n) is 8.43. The Morgan fingerprint density at radius 3 is 2.62 bits per heavy atom. The SMILES string of the molecule is CCCNC(C)c1ccc(N(CC)CC2CCC2)cc1Br. The van der Waals surface area contributed by atoms with Gasteiger partial charge in [0.1, 0.15) is 0 Å². The molecule has 2 nitrogen and oxygen atoms in total. The Kier molecular flexibility index (Phi) is 6.56. The van der Waals surface area contributed by atoms with Crippen molar-refractivity contribution in [2.24, 2.45) is 5.92 Å². The van der Waals surface area contributed by atoms with Gasteiger partial charge in [0.05, 0.1) is 0 Å². The number of halogens is 1. The standard InChI is InChI=1S/C18H29BrN2/c1-4-11-20-14(3)17-10-9-16(12-18(17)19)21(5-2)13-15-7-6-8-15/h9-10,12,14-15,20H,4-8,11,13H2,1-3H3. The molecule has 1 aromatic rings. The third kappa shape index (κ3) is 4.46. The molecular weight excluding hydrogens is 324 g/mol. The fourth-order valence-corrected chi connectivity index (χ4v) is 3.65. The van der Waals surface area contributed by atoms with Crippen molar-refractivity contribution in [1.29, 1.82) is 0 Å². The van der Waals surface area contributed by atoms with E-state index in [1.54, 1.807) is 0 Å². The minimum atomic E-state index is 0.398. The zero-order valence-corrected chi connectivity index (χ0v) is 15.2. The molecule has 0 amide bonds. The van der Waals surface area contributed by atoms with Gasteiger partial charge in [0.15, 0.2) is 0 Å². The summed E-state index contributed by atoms with van der Waals surface area (Å²) >= 11 is 3.77. The topological polar surface area (TPSA) is 15.3 Å². The summed E-state index contributed by atoms with van der Waals surface area (Å²) in [4.78, 5) is 2.52. The molecule has 1 fully saturated rings. The molecule has 1 saturated carbocycles. The average Bonchev–Trinajstić information content (AvgIpc) is 2.43. The van der Waals surface area contributed by atoms with E-state index in [2.05, 4.69) is 65.1 Å². The van der Waals surface area contributed by atoms with Crippen LogP contribution in [0, 0.1) is 5.92 Å². The van der Waals surface area contributed by atoms with Crippen molar-refractivity contribution in [2.75, 3.05) is 24.5 Å². The number of hydrogen-bond donors (Lipinski definition) is 1. The van der Waals surface area contributed by atoms with Crippen molar-refractivity contribution >= 4 is 21.6 Å². The van der Waals surface area contributed by atoms with E-state index in [1.807, 2.05) is 0 Å². The number of hydrogen-bond acceptors (Lipinski definition) is 2. The van der Waals surface area contributed by atoms with Gasteiger partial charge in [-0.15, -0.1) is 0 Å². The zero-order valence-electron chi connectivity index (χ0n) is 13.7. The Morgan fingerprint density at radius 2 is 2.10 bits per heavy atom. The molecular formula is C18H29BrN2. The maximum atomic E-state index is 3.77. The van der Waals surface area contributed by atoms with Crippen molar-refractivity contribution in [3.05, 3.63) is 28.2 Å². The predicted molar refractivity (Wildman–Crippen MR) is 96.1 cm³/mol. The molecule has 0 bridgehead atoms. The lowest BCUT2D eigenvalue weighted by Gasteiger charge is -2.33. The second-order valence-electron chi connectivity index (χ2n) is 6.22. The first-order valence-corrected chi connectivity index (χ1v) is 9.22. The van der Waals surface area contributed by atoms with Crippen LogP contribution in [0.5, 0.6) is 0 Å². The van der Waals surface area contributed by atoms with E-state index in [0.29, 0.717) is 6.04 Å². The smallest absolute Gasteiger partial charge is 0.0377 e. The fourth-order valence-electron chi connectivity index (χ4n) is 2.94. The van der Waals surface area contributed by atoms with Crippen LogP contribution in [0.3, 0.4) is 0 Å². The minimum absolute atomic E-state index is 0.398. The quantitative estimate of drug-likeness (QED) is 0.696. The van der Waals surface area contributed by atoms with E-state index in [9.17, 15) is 0 Å². The summed E-state index contributed by atoms with van der Waals surface area (Å²) in [5, 5.41) is 3.56. The summed E-state index contributed by atoms with van der Waals surface area (Å²) in [6, 6.07) is 7.25. The molecule has 21 heavy (non-hydrogen) atoms. The van der Waals surface area contributed by atoms with Crippen LogP contribution in [0.4, 0.5) is 5.69 Å². The summed E-state index contributed by atoms with van der Waals surface area (Å²) in [6.07, 6.45) is 5.41. The maximum absolute atomic E-state index is 3.77. The van der Waals surface area contributed by atoms with Crippen molar-refractivity contribution in [3.8, 4) is 0 Å². The van der Waals surface area contributed by atoms with Gasteiger partial charge in [-0.05, 0) is 63.3 Å². The molecule has 0 heterocycles. The molecule has 1 N–H and O–H groups in total. The van der Waals surface area contributed by atoms with Gasteiger partial charge >= 0.3 is 0 Å². The van der Waals surface area contributed by atoms with Crippen molar-refractivity contribution in [1.82, 2.24) is 5.32 Å². The van der Waals surface area contributed by atoms with Gasteiger partial charge in [0.25, 0.3) is 0 Å². The molecule has 1 aliphatic rings. The number of nitrogens with zero attached hydrogens (tertiary/aromatic N) is 1. The number of anilines is 1. The van der Waals surface area contributed by atoms with E-state index >= 15 is 0 Å². The molecule has 1 aliphatic carbocycles. The van der Waals surface area contributed by atoms with Gasteiger partial charge in [0, 0.05) is 29.3 Å². The highest BCUT2D eigenvalue weighted by Crippen LogP contribution is 2.32. The molecule has 0 radical (unpaired) electrons. The Hall–Kier alpha value is -0.540. The van der Waals surface area contributed by atoms with Gasteiger partial charge in [-0.2, -0.15) is 0 Å². The Balaban J connectivity index is 2.05. The van der Waals surface area contributed by atoms with E-state index in [-0.39, 0.29) is 0 Å². The summed E-state index contributed by atoms with van der Waals surface area (Å²) in [6.45, 7) is 10.1. The first kappa shape index (κ1) is 16.8. The normalized spacial score (nSPS) is 16.6. The summed E-state index contributed by atoms with van der Waals surface area (Å²) in [5.74, 6) is 0.911. The molecule has 3 heteroatoms. The number of benzene rings is 1. The predicted octanol–water partition coefficient (Wildman–Crippen LogP) is 5.14. The van der Waals surface area contributed by atoms with E-state index in [1.165, 1.54) is 48.0 Å². The Bertz CT molecular complexity index is 443. The summed E-state index contributed by atoms with van der Waals surface area (Å²) < 4.78 is 1.23. The molecule has 0 spiro atoms. The Labute approximate surface area is 138 Å².